The predicted molar refractivity (Wildman–Crippen MR) is 52.4 cm³/mol. The van der Waals surface area contributed by atoms with Gasteiger partial charge in [-0.25, -0.2) is 0 Å². The molecule has 0 aliphatic rings. The highest BCUT2D eigenvalue weighted by molar-refractivity contribution is 5.74. The molecule has 0 atom stereocenters. The Morgan fingerprint density at radius 2 is 2.29 bits per heavy atom. The highest BCUT2D eigenvalue weighted by Gasteiger charge is 2.04. The Kier molecular flexibility index (Phi) is 2.26. The molecular formula is C10H11N3O. The van der Waals surface area contributed by atoms with Crippen LogP contribution in [0.5, 0.6) is 0 Å². The molecule has 72 valence electrons. The third kappa shape index (κ3) is 1.39. The van der Waals surface area contributed by atoms with Crippen molar-refractivity contribution in [3.8, 4) is 0 Å². The largest absolute Gasteiger partial charge is 0.298 e. The van der Waals surface area contributed by atoms with Gasteiger partial charge >= 0.3 is 0 Å². The maximum absolute atomic E-state index is 10.6. The molecule has 0 bridgehead atoms. The van der Waals surface area contributed by atoms with E-state index in [0.717, 1.165) is 30.6 Å². The molecule has 4 heteroatoms. The van der Waals surface area contributed by atoms with E-state index in [2.05, 4.69) is 17.1 Å². The van der Waals surface area contributed by atoms with Crippen LogP contribution in [0, 0.1) is 0 Å². The second-order valence-electron chi connectivity index (χ2n) is 3.17. The molecular weight excluding hydrogens is 178 g/mol. The van der Waals surface area contributed by atoms with Crippen molar-refractivity contribution in [2.45, 2.75) is 19.8 Å². The van der Waals surface area contributed by atoms with Crippen molar-refractivity contribution >= 4 is 11.9 Å². The van der Waals surface area contributed by atoms with E-state index in [9.17, 15) is 4.79 Å². The average Bonchev–Trinajstić information content (AvgIpc) is 2.61. The number of carbonyl (C=O) groups excluding carboxylic acids is 1. The number of carbonyl (C=O) groups is 1. The van der Waals surface area contributed by atoms with E-state index in [4.69, 9.17) is 0 Å². The van der Waals surface area contributed by atoms with Crippen LogP contribution in [-0.2, 0) is 6.42 Å². The molecule has 0 saturated heterocycles. The summed E-state index contributed by atoms with van der Waals surface area (Å²) >= 11 is 0. The molecule has 4 nitrogen and oxygen atoms in total. The normalized spacial score (nSPS) is 10.6. The highest BCUT2D eigenvalue weighted by Crippen LogP contribution is 2.07. The highest BCUT2D eigenvalue weighted by atomic mass is 16.1. The average molecular weight is 189 g/mol. The number of hydrogen-bond acceptors (Lipinski definition) is 3. The first-order chi connectivity index (χ1) is 6.85. The number of rotatable bonds is 3. The van der Waals surface area contributed by atoms with Crippen molar-refractivity contribution in [3.63, 3.8) is 0 Å². The van der Waals surface area contributed by atoms with Crippen LogP contribution in [-0.4, -0.2) is 20.9 Å². The van der Waals surface area contributed by atoms with Crippen LogP contribution in [0.15, 0.2) is 18.3 Å². The molecule has 0 aliphatic heterocycles. The van der Waals surface area contributed by atoms with Gasteiger partial charge in [-0.15, -0.1) is 10.2 Å². The molecule has 0 fully saturated rings. The minimum atomic E-state index is 0.648. The topological polar surface area (TPSA) is 47.3 Å². The lowest BCUT2D eigenvalue weighted by atomic mass is 10.3. The third-order valence-electron chi connectivity index (χ3n) is 2.11. The van der Waals surface area contributed by atoms with Crippen LogP contribution >= 0.6 is 0 Å². The molecule has 2 aromatic heterocycles. The van der Waals surface area contributed by atoms with Gasteiger partial charge in [0.05, 0.1) is 0 Å². The molecule has 0 saturated carbocycles. The maximum atomic E-state index is 10.6. The van der Waals surface area contributed by atoms with Crippen LogP contribution in [0.2, 0.25) is 0 Å². The fourth-order valence-corrected chi connectivity index (χ4v) is 1.42. The monoisotopic (exact) mass is 189 g/mol. The lowest BCUT2D eigenvalue weighted by Crippen LogP contribution is -1.95. The fourth-order valence-electron chi connectivity index (χ4n) is 1.42. The van der Waals surface area contributed by atoms with Crippen LogP contribution in [0.3, 0.4) is 0 Å². The lowest BCUT2D eigenvalue weighted by molar-refractivity contribution is 0.112. The number of aromatic nitrogens is 3. The van der Waals surface area contributed by atoms with E-state index in [-0.39, 0.29) is 0 Å². The maximum Gasteiger partial charge on any atom is 0.160 e. The van der Waals surface area contributed by atoms with Gasteiger partial charge < -0.3 is 0 Å². The zero-order valence-corrected chi connectivity index (χ0v) is 7.97. The summed E-state index contributed by atoms with van der Waals surface area (Å²) in [5, 5.41) is 8.07. The van der Waals surface area contributed by atoms with Gasteiger partial charge in [0.1, 0.15) is 5.82 Å². The molecule has 2 heterocycles. The van der Waals surface area contributed by atoms with Crippen LogP contribution in [0.1, 0.15) is 29.5 Å². The van der Waals surface area contributed by atoms with E-state index in [1.165, 1.54) is 0 Å². The van der Waals surface area contributed by atoms with Crippen molar-refractivity contribution in [2.75, 3.05) is 0 Å². The number of hydrogen-bond donors (Lipinski definition) is 0. The molecule has 0 aliphatic carbocycles. The lowest BCUT2D eigenvalue weighted by Gasteiger charge is -1.97. The Labute approximate surface area is 81.6 Å². The number of aryl methyl sites for hydroxylation is 1. The molecule has 0 spiro atoms. The molecule has 2 rings (SSSR count). The molecule has 0 aromatic carbocycles. The summed E-state index contributed by atoms with van der Waals surface area (Å²) in [5.41, 5.74) is 1.44. The first kappa shape index (κ1) is 8.87. The number of aldehydes is 1. The van der Waals surface area contributed by atoms with Crippen molar-refractivity contribution in [2.24, 2.45) is 0 Å². The van der Waals surface area contributed by atoms with E-state index in [1.54, 1.807) is 18.3 Å². The van der Waals surface area contributed by atoms with Gasteiger partial charge in [-0.2, -0.15) is 0 Å². The van der Waals surface area contributed by atoms with Gasteiger partial charge in [-0.05, 0) is 18.6 Å². The zero-order valence-electron chi connectivity index (χ0n) is 7.97. The smallest absolute Gasteiger partial charge is 0.160 e. The van der Waals surface area contributed by atoms with Gasteiger partial charge in [0, 0.05) is 18.2 Å². The number of pyridine rings is 1. The van der Waals surface area contributed by atoms with Crippen LogP contribution < -0.4 is 0 Å². The van der Waals surface area contributed by atoms with E-state index in [1.807, 2.05) is 4.40 Å². The summed E-state index contributed by atoms with van der Waals surface area (Å²) in [4.78, 5) is 10.6. The van der Waals surface area contributed by atoms with Crippen molar-refractivity contribution in [1.82, 2.24) is 14.6 Å². The van der Waals surface area contributed by atoms with Crippen LogP contribution in [0.25, 0.3) is 5.65 Å². The Bertz CT molecular complexity index is 461. The van der Waals surface area contributed by atoms with Crippen molar-refractivity contribution in [3.05, 3.63) is 29.7 Å². The third-order valence-corrected chi connectivity index (χ3v) is 2.11. The van der Waals surface area contributed by atoms with Gasteiger partial charge in [-0.1, -0.05) is 6.92 Å². The molecule has 0 amide bonds. The standard InChI is InChI=1S/C10H11N3O/c1-2-3-9-11-12-10-5-4-8(7-14)6-13(9)10/h4-7H,2-3H2,1H3. The molecule has 14 heavy (non-hydrogen) atoms. The van der Waals surface area contributed by atoms with E-state index < -0.39 is 0 Å². The van der Waals surface area contributed by atoms with Crippen molar-refractivity contribution < 1.29 is 4.79 Å². The number of fused-ring (bicyclic) bond motifs is 1. The minimum Gasteiger partial charge on any atom is -0.298 e. The molecule has 0 radical (unpaired) electrons. The minimum absolute atomic E-state index is 0.648. The summed E-state index contributed by atoms with van der Waals surface area (Å²) in [6.45, 7) is 2.09. The first-order valence-electron chi connectivity index (χ1n) is 4.64. The zero-order chi connectivity index (χ0) is 9.97. The summed E-state index contributed by atoms with van der Waals surface area (Å²) in [6, 6.07) is 3.54. The second kappa shape index (κ2) is 3.57. The van der Waals surface area contributed by atoms with Crippen molar-refractivity contribution in [1.29, 1.82) is 0 Å². The molecule has 2 aromatic rings. The quantitative estimate of drug-likeness (QED) is 0.687. The number of nitrogens with zero attached hydrogens (tertiary/aromatic N) is 3. The van der Waals surface area contributed by atoms with Gasteiger partial charge in [0.2, 0.25) is 0 Å². The fraction of sp³-hybridized carbons (Fsp3) is 0.300. The molecule has 0 N–H and O–H groups in total. The van der Waals surface area contributed by atoms with Gasteiger partial charge in [0.25, 0.3) is 0 Å². The summed E-state index contributed by atoms with van der Waals surface area (Å²) in [7, 11) is 0. The summed E-state index contributed by atoms with van der Waals surface area (Å²) in [6.07, 6.45) is 4.50. The van der Waals surface area contributed by atoms with E-state index in [0.29, 0.717) is 5.56 Å². The van der Waals surface area contributed by atoms with Crippen LogP contribution in [0.4, 0.5) is 0 Å². The Morgan fingerprint density at radius 3 is 3.00 bits per heavy atom. The Hall–Kier alpha value is -1.71. The second-order valence-corrected chi connectivity index (χ2v) is 3.17. The Balaban J connectivity index is 2.57. The molecule has 0 unspecified atom stereocenters. The summed E-state index contributed by atoms with van der Waals surface area (Å²) < 4.78 is 1.87. The SMILES string of the molecule is CCCc1nnc2ccc(C=O)cn12. The predicted octanol–water partition coefficient (Wildman–Crippen LogP) is 1.49. The Morgan fingerprint density at radius 1 is 1.43 bits per heavy atom. The van der Waals surface area contributed by atoms with Gasteiger partial charge in [0.15, 0.2) is 11.9 Å². The summed E-state index contributed by atoms with van der Waals surface area (Å²) in [5.74, 6) is 0.909. The van der Waals surface area contributed by atoms with Gasteiger partial charge in [-0.3, -0.25) is 9.20 Å². The van der Waals surface area contributed by atoms with E-state index >= 15 is 0 Å². The first-order valence-corrected chi connectivity index (χ1v) is 4.64.